The smallest absolute Gasteiger partial charge is 0.410 e. The second kappa shape index (κ2) is 11.4. The molecule has 2 aliphatic rings. The largest absolute Gasteiger partial charge is 0.496 e. The molecule has 2 amide bonds. The highest BCUT2D eigenvalue weighted by Gasteiger charge is 2.33. The maximum atomic E-state index is 15.6. The lowest BCUT2D eigenvalue weighted by Gasteiger charge is -2.29. The maximum Gasteiger partial charge on any atom is 0.410 e. The molecule has 11 heteroatoms. The summed E-state index contributed by atoms with van der Waals surface area (Å²) in [4.78, 5) is 35.3. The van der Waals surface area contributed by atoms with Gasteiger partial charge in [0, 0.05) is 30.4 Å². The molecule has 0 saturated carbocycles. The molecule has 2 aromatic heterocycles. The number of benzene rings is 2. The zero-order chi connectivity index (χ0) is 30.5. The van der Waals surface area contributed by atoms with Crippen molar-refractivity contribution in [1.82, 2.24) is 24.5 Å². The van der Waals surface area contributed by atoms with Crippen molar-refractivity contribution in [3.8, 4) is 17.0 Å². The number of hydrogen-bond donors (Lipinski definition) is 1. The number of thiazole rings is 1. The molecule has 6 rings (SSSR count). The van der Waals surface area contributed by atoms with Crippen LogP contribution in [0.3, 0.4) is 0 Å². The van der Waals surface area contributed by atoms with Gasteiger partial charge in [-0.2, -0.15) is 0 Å². The van der Waals surface area contributed by atoms with Crippen LogP contribution in [-0.2, 0) is 4.74 Å². The molecular weight excluding hydrogens is 569 g/mol. The number of fused-ring (bicyclic) bond motifs is 3. The Morgan fingerprint density at radius 3 is 2.56 bits per heavy atom. The minimum atomic E-state index is -0.595. The number of imidazole rings is 1. The van der Waals surface area contributed by atoms with Gasteiger partial charge in [-0.05, 0) is 90.4 Å². The summed E-state index contributed by atoms with van der Waals surface area (Å²) in [6, 6.07) is 8.72. The fourth-order valence-electron chi connectivity index (χ4n) is 6.02. The number of hydrogen-bond acceptors (Lipinski definition) is 7. The number of nitrogens with one attached hydrogen (secondary N) is 1. The fraction of sp³-hybridized carbons (Fsp3) is 0.469. The number of likely N-dealkylation sites (tertiary alicyclic amines) is 2. The van der Waals surface area contributed by atoms with Crippen molar-refractivity contribution in [2.75, 3.05) is 33.8 Å². The molecule has 2 fully saturated rings. The molecule has 1 N–H and O–H groups in total. The van der Waals surface area contributed by atoms with Crippen LogP contribution < -0.4 is 10.1 Å². The number of methoxy groups -OCH3 is 1. The summed E-state index contributed by atoms with van der Waals surface area (Å²) in [6.07, 6.45) is 4.86. The molecule has 2 aromatic carbocycles. The number of rotatable bonds is 5. The summed E-state index contributed by atoms with van der Waals surface area (Å²) in [5.41, 5.74) is 2.37. The summed E-state index contributed by atoms with van der Waals surface area (Å²) in [5, 5.41) is 3.17. The highest BCUT2D eigenvalue weighted by Crippen LogP contribution is 2.37. The zero-order valence-electron chi connectivity index (χ0n) is 25.3. The minimum absolute atomic E-state index is 0.141. The molecule has 0 aliphatic carbocycles. The van der Waals surface area contributed by atoms with Gasteiger partial charge >= 0.3 is 6.09 Å². The van der Waals surface area contributed by atoms with Crippen molar-refractivity contribution < 1.29 is 23.5 Å². The van der Waals surface area contributed by atoms with Gasteiger partial charge in [0.15, 0.2) is 4.96 Å². The first-order chi connectivity index (χ1) is 20.5. The molecule has 0 spiro atoms. The Labute approximate surface area is 254 Å². The van der Waals surface area contributed by atoms with Gasteiger partial charge in [0.2, 0.25) is 0 Å². The highest BCUT2D eigenvalue weighted by molar-refractivity contribution is 7.23. The molecular formula is C32H38FN5O4S. The Hall–Kier alpha value is -3.70. The van der Waals surface area contributed by atoms with Crippen LogP contribution in [0.2, 0.25) is 0 Å². The van der Waals surface area contributed by atoms with E-state index in [4.69, 9.17) is 14.5 Å². The van der Waals surface area contributed by atoms with Crippen LogP contribution in [0.5, 0.6) is 5.75 Å². The van der Waals surface area contributed by atoms with Gasteiger partial charge in [0.25, 0.3) is 5.91 Å². The quantitative estimate of drug-likeness (QED) is 0.288. The van der Waals surface area contributed by atoms with Crippen molar-refractivity contribution in [3.63, 3.8) is 0 Å². The SMILES string of the molecule is COc1cc2c(cc1C(=O)NC1CCN(C)CC1)sc1nc(-c3ccc([C@@H]4CCCN4C(=O)OC(C)(C)C)cc3F)cn12. The van der Waals surface area contributed by atoms with E-state index < -0.39 is 11.4 Å². The third kappa shape index (κ3) is 5.92. The predicted octanol–water partition coefficient (Wildman–Crippen LogP) is 6.26. The normalized spacial score (nSPS) is 18.5. The lowest BCUT2D eigenvalue weighted by Crippen LogP contribution is -2.43. The number of ether oxygens (including phenoxy) is 2. The van der Waals surface area contributed by atoms with Gasteiger partial charge in [-0.3, -0.25) is 9.20 Å². The number of carbonyl (C=O) groups is 2. The summed E-state index contributed by atoms with van der Waals surface area (Å²) < 4.78 is 29.6. The monoisotopic (exact) mass is 607 g/mol. The molecule has 2 aliphatic heterocycles. The summed E-state index contributed by atoms with van der Waals surface area (Å²) >= 11 is 1.44. The molecule has 2 saturated heterocycles. The number of piperidine rings is 1. The van der Waals surface area contributed by atoms with Crippen LogP contribution in [0.15, 0.2) is 36.5 Å². The van der Waals surface area contributed by atoms with Gasteiger partial charge in [-0.1, -0.05) is 17.4 Å². The molecule has 1 atom stereocenters. The Morgan fingerprint density at radius 2 is 1.86 bits per heavy atom. The van der Waals surface area contributed by atoms with E-state index in [0.717, 1.165) is 54.6 Å². The molecule has 0 bridgehead atoms. The van der Waals surface area contributed by atoms with Gasteiger partial charge in [-0.15, -0.1) is 0 Å². The lowest BCUT2D eigenvalue weighted by atomic mass is 10.0. The van der Waals surface area contributed by atoms with Crippen molar-refractivity contribution in [1.29, 1.82) is 0 Å². The number of aromatic nitrogens is 2. The topological polar surface area (TPSA) is 88.4 Å². The molecule has 9 nitrogen and oxygen atoms in total. The predicted molar refractivity (Wildman–Crippen MR) is 165 cm³/mol. The van der Waals surface area contributed by atoms with Crippen molar-refractivity contribution >= 4 is 38.5 Å². The molecule has 43 heavy (non-hydrogen) atoms. The van der Waals surface area contributed by atoms with Crippen LogP contribution in [0.1, 0.15) is 68.4 Å². The van der Waals surface area contributed by atoms with E-state index in [1.54, 1.807) is 18.1 Å². The zero-order valence-corrected chi connectivity index (χ0v) is 26.1. The molecule has 0 unspecified atom stereocenters. The van der Waals surface area contributed by atoms with E-state index in [2.05, 4.69) is 17.3 Å². The van der Waals surface area contributed by atoms with E-state index in [1.807, 2.05) is 49.6 Å². The average Bonchev–Trinajstić information content (AvgIpc) is 3.67. The van der Waals surface area contributed by atoms with E-state index in [1.165, 1.54) is 17.4 Å². The van der Waals surface area contributed by atoms with Gasteiger partial charge < -0.3 is 24.6 Å². The summed E-state index contributed by atoms with van der Waals surface area (Å²) in [7, 11) is 3.65. The van der Waals surface area contributed by atoms with Gasteiger partial charge in [0.1, 0.15) is 17.2 Å². The molecule has 4 aromatic rings. The highest BCUT2D eigenvalue weighted by atomic mass is 32.1. The third-order valence-corrected chi connectivity index (χ3v) is 9.27. The van der Waals surface area contributed by atoms with Crippen LogP contribution in [0.4, 0.5) is 9.18 Å². The molecule has 4 heterocycles. The Kier molecular flexibility index (Phi) is 7.80. The first kappa shape index (κ1) is 29.4. The van der Waals surface area contributed by atoms with Crippen LogP contribution in [-0.4, -0.2) is 76.6 Å². The number of nitrogens with zero attached hydrogens (tertiary/aromatic N) is 4. The van der Waals surface area contributed by atoms with Crippen molar-refractivity contribution in [2.24, 2.45) is 0 Å². The van der Waals surface area contributed by atoms with Crippen LogP contribution in [0, 0.1) is 5.82 Å². The summed E-state index contributed by atoms with van der Waals surface area (Å²) in [5.74, 6) is -0.0572. The molecule has 0 radical (unpaired) electrons. The third-order valence-electron chi connectivity index (χ3n) is 8.25. The van der Waals surface area contributed by atoms with Crippen LogP contribution in [0.25, 0.3) is 26.4 Å². The van der Waals surface area contributed by atoms with E-state index in [0.29, 0.717) is 34.1 Å². The van der Waals surface area contributed by atoms with E-state index in [-0.39, 0.29) is 24.1 Å². The average molecular weight is 608 g/mol. The first-order valence-corrected chi connectivity index (χ1v) is 15.6. The van der Waals surface area contributed by atoms with Gasteiger partial charge in [-0.25, -0.2) is 14.2 Å². The fourth-order valence-corrected chi connectivity index (χ4v) is 7.05. The second-order valence-corrected chi connectivity index (χ2v) is 13.5. The van der Waals surface area contributed by atoms with Crippen molar-refractivity contribution in [3.05, 3.63) is 53.5 Å². The van der Waals surface area contributed by atoms with Crippen LogP contribution >= 0.6 is 11.3 Å². The maximum absolute atomic E-state index is 15.6. The second-order valence-electron chi connectivity index (χ2n) is 12.5. The van der Waals surface area contributed by atoms with Gasteiger partial charge in [0.05, 0.1) is 34.6 Å². The standard InChI is InChI=1S/C32H38FN5O4S/c1-32(2,3)42-31(40)37-12-6-7-25(37)19-8-9-21(23(33)15-19)24-18-38-26-17-27(41-5)22(16-28(26)43-30(38)35-24)29(39)34-20-10-13-36(4)14-11-20/h8-9,15-18,20,25H,6-7,10-14H2,1-5H3,(H,34,39)/t25-/m0/s1. The Balaban J connectivity index is 1.25. The first-order valence-electron chi connectivity index (χ1n) is 14.8. The number of amides is 2. The van der Waals surface area contributed by atoms with E-state index in [9.17, 15) is 9.59 Å². The van der Waals surface area contributed by atoms with E-state index >= 15 is 4.39 Å². The summed E-state index contributed by atoms with van der Waals surface area (Å²) in [6.45, 7) is 8.02. The minimum Gasteiger partial charge on any atom is -0.496 e. The van der Waals surface area contributed by atoms with Crippen molar-refractivity contribution in [2.45, 2.75) is 64.1 Å². The Bertz CT molecular complexity index is 1680. The molecule has 228 valence electrons. The lowest BCUT2D eigenvalue weighted by molar-refractivity contribution is 0.0224. The number of halogens is 1. The Morgan fingerprint density at radius 1 is 1.09 bits per heavy atom. The number of carbonyl (C=O) groups excluding carboxylic acids is 2.